The Morgan fingerprint density at radius 2 is 1.50 bits per heavy atom. The van der Waals surface area contributed by atoms with Gasteiger partial charge in [0.1, 0.15) is 0 Å². The maximum absolute atomic E-state index is 12.2. The molecule has 0 aromatic heterocycles. The van der Waals surface area contributed by atoms with Crippen LogP contribution in [0.25, 0.3) is 10.4 Å². The van der Waals surface area contributed by atoms with Crippen molar-refractivity contribution >= 4 is 5.91 Å². The predicted molar refractivity (Wildman–Crippen MR) is 105 cm³/mol. The van der Waals surface area contributed by atoms with Crippen LogP contribution in [0.4, 0.5) is 0 Å². The van der Waals surface area contributed by atoms with Crippen LogP contribution in [0, 0.1) is 0 Å². The molecule has 2 aromatic rings. The van der Waals surface area contributed by atoms with Crippen molar-refractivity contribution in [1.82, 2.24) is 5.32 Å². The van der Waals surface area contributed by atoms with Crippen molar-refractivity contribution in [3.63, 3.8) is 0 Å². The third kappa shape index (κ3) is 6.99. The Labute approximate surface area is 155 Å². The van der Waals surface area contributed by atoms with Crippen LogP contribution in [0.2, 0.25) is 0 Å². The predicted octanol–water partition coefficient (Wildman–Crippen LogP) is 5.20. The third-order valence-electron chi connectivity index (χ3n) is 4.38. The van der Waals surface area contributed by atoms with Crippen LogP contribution >= 0.6 is 0 Å². The van der Waals surface area contributed by atoms with Gasteiger partial charge in [-0.05, 0) is 29.5 Å². The minimum Gasteiger partial charge on any atom is -0.355 e. The van der Waals surface area contributed by atoms with Gasteiger partial charge in [0.25, 0.3) is 0 Å². The molecular formula is C21H26N4O. The molecule has 26 heavy (non-hydrogen) atoms. The smallest absolute Gasteiger partial charge is 0.220 e. The Balaban J connectivity index is 1.80. The number of amides is 1. The van der Waals surface area contributed by atoms with Crippen LogP contribution in [0.3, 0.4) is 0 Å². The normalized spacial score (nSPS) is 10.3. The summed E-state index contributed by atoms with van der Waals surface area (Å²) in [6.07, 6.45) is 4.26. The van der Waals surface area contributed by atoms with Crippen LogP contribution in [0.1, 0.15) is 49.1 Å². The summed E-state index contributed by atoms with van der Waals surface area (Å²) in [6, 6.07) is 20.6. The van der Waals surface area contributed by atoms with Crippen molar-refractivity contribution in [3.8, 4) is 0 Å². The van der Waals surface area contributed by atoms with E-state index in [1.165, 1.54) is 11.1 Å². The molecule has 0 aliphatic carbocycles. The molecule has 0 radical (unpaired) electrons. The molecule has 0 atom stereocenters. The van der Waals surface area contributed by atoms with Crippen molar-refractivity contribution < 1.29 is 4.79 Å². The number of nitrogens with zero attached hydrogens (tertiary/aromatic N) is 3. The topological polar surface area (TPSA) is 77.9 Å². The SMILES string of the molecule is [N-]=[N+]=NCCCCCCC(=O)NCC(c1ccccc1)c1ccccc1. The number of carbonyl (C=O) groups excluding carboxylic acids is 1. The monoisotopic (exact) mass is 350 g/mol. The van der Waals surface area contributed by atoms with Gasteiger partial charge < -0.3 is 5.32 Å². The van der Waals surface area contributed by atoms with Gasteiger partial charge in [-0.3, -0.25) is 4.79 Å². The zero-order valence-electron chi connectivity index (χ0n) is 15.1. The second-order valence-electron chi connectivity index (χ2n) is 6.30. The molecule has 5 heteroatoms. The number of nitrogens with one attached hydrogen (secondary N) is 1. The van der Waals surface area contributed by atoms with E-state index in [1.54, 1.807) is 0 Å². The van der Waals surface area contributed by atoms with E-state index in [-0.39, 0.29) is 11.8 Å². The van der Waals surface area contributed by atoms with Gasteiger partial charge in [-0.1, -0.05) is 78.6 Å². The Hall–Kier alpha value is -2.78. The van der Waals surface area contributed by atoms with Gasteiger partial charge in [0.05, 0.1) is 0 Å². The highest BCUT2D eigenvalue weighted by atomic mass is 16.1. The minimum absolute atomic E-state index is 0.0944. The second kappa shape index (κ2) is 11.7. The summed E-state index contributed by atoms with van der Waals surface area (Å²) < 4.78 is 0. The summed E-state index contributed by atoms with van der Waals surface area (Å²) in [6.45, 7) is 1.14. The molecule has 5 nitrogen and oxygen atoms in total. The van der Waals surface area contributed by atoms with Crippen molar-refractivity contribution in [2.24, 2.45) is 5.11 Å². The van der Waals surface area contributed by atoms with Gasteiger partial charge in [-0.2, -0.15) is 0 Å². The van der Waals surface area contributed by atoms with Crippen LogP contribution in [0.15, 0.2) is 65.8 Å². The van der Waals surface area contributed by atoms with Crippen LogP contribution < -0.4 is 5.32 Å². The average molecular weight is 350 g/mol. The first-order valence-corrected chi connectivity index (χ1v) is 9.18. The van der Waals surface area contributed by atoms with Crippen molar-refractivity contribution in [2.75, 3.05) is 13.1 Å². The van der Waals surface area contributed by atoms with E-state index < -0.39 is 0 Å². The molecule has 1 N–H and O–H groups in total. The zero-order chi connectivity index (χ0) is 18.5. The number of unbranched alkanes of at least 4 members (excludes halogenated alkanes) is 3. The Bertz CT molecular complexity index is 657. The number of carbonyl (C=O) groups is 1. The lowest BCUT2D eigenvalue weighted by Gasteiger charge is -2.19. The van der Waals surface area contributed by atoms with Crippen LogP contribution in [0.5, 0.6) is 0 Å². The van der Waals surface area contributed by atoms with E-state index >= 15 is 0 Å². The Morgan fingerprint density at radius 1 is 0.923 bits per heavy atom. The molecule has 0 aliphatic heterocycles. The zero-order valence-corrected chi connectivity index (χ0v) is 15.1. The quantitative estimate of drug-likeness (QED) is 0.257. The van der Waals surface area contributed by atoms with Crippen molar-refractivity contribution in [3.05, 3.63) is 82.2 Å². The molecule has 0 aliphatic rings. The number of hydrogen-bond acceptors (Lipinski definition) is 2. The summed E-state index contributed by atoms with van der Waals surface area (Å²) in [7, 11) is 0. The first-order chi connectivity index (χ1) is 12.8. The first kappa shape index (κ1) is 19.5. The van der Waals surface area contributed by atoms with Crippen molar-refractivity contribution in [2.45, 2.75) is 38.0 Å². The molecule has 136 valence electrons. The molecular weight excluding hydrogens is 324 g/mol. The largest absolute Gasteiger partial charge is 0.355 e. The van der Waals surface area contributed by atoms with Crippen molar-refractivity contribution in [1.29, 1.82) is 0 Å². The van der Waals surface area contributed by atoms with Gasteiger partial charge >= 0.3 is 0 Å². The number of azide groups is 1. The first-order valence-electron chi connectivity index (χ1n) is 9.18. The fraction of sp³-hybridized carbons (Fsp3) is 0.381. The molecule has 0 saturated heterocycles. The summed E-state index contributed by atoms with van der Waals surface area (Å²) in [5, 5.41) is 6.60. The third-order valence-corrected chi connectivity index (χ3v) is 4.38. The maximum atomic E-state index is 12.2. The molecule has 0 spiro atoms. The highest BCUT2D eigenvalue weighted by molar-refractivity contribution is 5.75. The van der Waals surface area contributed by atoms with E-state index in [4.69, 9.17) is 5.53 Å². The van der Waals surface area contributed by atoms with Crippen LogP contribution in [-0.2, 0) is 4.79 Å². The molecule has 0 unspecified atom stereocenters. The fourth-order valence-corrected chi connectivity index (χ4v) is 2.97. The summed E-state index contributed by atoms with van der Waals surface area (Å²) in [4.78, 5) is 14.9. The molecule has 0 saturated carbocycles. The highest BCUT2D eigenvalue weighted by Crippen LogP contribution is 2.23. The molecule has 0 bridgehead atoms. The van der Waals surface area contributed by atoms with Gasteiger partial charge in [0, 0.05) is 30.3 Å². The van der Waals surface area contributed by atoms with E-state index in [2.05, 4.69) is 39.6 Å². The summed E-state index contributed by atoms with van der Waals surface area (Å²) in [5.41, 5.74) is 10.6. The highest BCUT2D eigenvalue weighted by Gasteiger charge is 2.14. The minimum atomic E-state index is 0.0944. The molecule has 1 amide bonds. The van der Waals surface area contributed by atoms with E-state index in [0.717, 1.165) is 25.7 Å². The lowest BCUT2D eigenvalue weighted by atomic mass is 9.91. The van der Waals surface area contributed by atoms with Gasteiger partial charge in [-0.15, -0.1) is 0 Å². The van der Waals surface area contributed by atoms with E-state index in [0.29, 0.717) is 19.5 Å². The maximum Gasteiger partial charge on any atom is 0.220 e. The molecule has 0 heterocycles. The van der Waals surface area contributed by atoms with Crippen LogP contribution in [-0.4, -0.2) is 19.0 Å². The molecule has 2 aromatic carbocycles. The number of hydrogen-bond donors (Lipinski definition) is 1. The summed E-state index contributed by atoms with van der Waals surface area (Å²) in [5.74, 6) is 0.252. The molecule has 0 fully saturated rings. The second-order valence-corrected chi connectivity index (χ2v) is 6.30. The van der Waals surface area contributed by atoms with Gasteiger partial charge in [0.2, 0.25) is 5.91 Å². The Morgan fingerprint density at radius 3 is 2.08 bits per heavy atom. The summed E-state index contributed by atoms with van der Waals surface area (Å²) >= 11 is 0. The van der Waals surface area contributed by atoms with E-state index in [1.807, 2.05) is 36.4 Å². The molecule has 2 rings (SSSR count). The lowest BCUT2D eigenvalue weighted by Crippen LogP contribution is -2.28. The average Bonchev–Trinajstić information content (AvgIpc) is 2.69. The van der Waals surface area contributed by atoms with Gasteiger partial charge in [-0.25, -0.2) is 0 Å². The number of benzene rings is 2. The fourth-order valence-electron chi connectivity index (χ4n) is 2.97. The van der Waals surface area contributed by atoms with E-state index in [9.17, 15) is 4.79 Å². The Kier molecular flexibility index (Phi) is 8.81. The van der Waals surface area contributed by atoms with Gasteiger partial charge in [0.15, 0.2) is 0 Å². The number of rotatable bonds is 11. The lowest BCUT2D eigenvalue weighted by molar-refractivity contribution is -0.121. The standard InChI is InChI=1S/C21H26N4O/c22-25-24-16-10-2-1-9-15-21(26)23-17-20(18-11-5-3-6-12-18)19-13-7-4-8-14-19/h3-8,11-14,20H,1-2,9-10,15-17H2,(H,23,26).